The first-order chi connectivity index (χ1) is 8.22. The predicted octanol–water partition coefficient (Wildman–Crippen LogP) is 4.28. The summed E-state index contributed by atoms with van der Waals surface area (Å²) >= 11 is 5.95. The van der Waals surface area contributed by atoms with Crippen LogP contribution in [-0.2, 0) is 6.42 Å². The smallest absolute Gasteiger partial charge is 0.151 e. The highest BCUT2D eigenvalue weighted by molar-refractivity contribution is 6.33. The molecule has 17 heavy (non-hydrogen) atoms. The zero-order valence-electron chi connectivity index (χ0n) is 9.61. The number of anilines is 1. The van der Waals surface area contributed by atoms with Gasteiger partial charge in [0, 0.05) is 0 Å². The lowest BCUT2D eigenvalue weighted by molar-refractivity contribution is 0.479. The maximum absolute atomic E-state index is 5.95. The average Bonchev–Trinajstić information content (AvgIpc) is 2.35. The Hall–Kier alpha value is -1.67. The molecule has 2 N–H and O–H groups in total. The molecule has 0 fully saturated rings. The third-order valence-corrected chi connectivity index (χ3v) is 2.92. The molecular weight excluding hydrogens is 234 g/mol. The van der Waals surface area contributed by atoms with Crippen LogP contribution in [0.5, 0.6) is 11.5 Å². The largest absolute Gasteiger partial charge is 0.455 e. The Morgan fingerprint density at radius 2 is 1.76 bits per heavy atom. The molecule has 0 saturated carbocycles. The third kappa shape index (κ3) is 2.53. The second-order valence-electron chi connectivity index (χ2n) is 3.71. The van der Waals surface area contributed by atoms with Gasteiger partial charge in [-0.05, 0) is 30.2 Å². The van der Waals surface area contributed by atoms with E-state index in [9.17, 15) is 0 Å². The van der Waals surface area contributed by atoms with Gasteiger partial charge < -0.3 is 10.5 Å². The van der Waals surface area contributed by atoms with E-state index in [4.69, 9.17) is 22.1 Å². The minimum absolute atomic E-state index is 0.472. The van der Waals surface area contributed by atoms with Crippen molar-refractivity contribution >= 4 is 17.3 Å². The molecule has 0 spiro atoms. The van der Waals surface area contributed by atoms with Gasteiger partial charge in [0.25, 0.3) is 0 Å². The van der Waals surface area contributed by atoms with Crippen LogP contribution in [0.4, 0.5) is 5.69 Å². The number of aryl methyl sites for hydroxylation is 1. The van der Waals surface area contributed by atoms with Crippen molar-refractivity contribution in [1.29, 1.82) is 0 Å². The fraction of sp³-hybridized carbons (Fsp3) is 0.143. The number of hydrogen-bond acceptors (Lipinski definition) is 2. The number of ether oxygens (including phenoxy) is 1. The van der Waals surface area contributed by atoms with Crippen LogP contribution in [0.3, 0.4) is 0 Å². The summed E-state index contributed by atoms with van der Waals surface area (Å²) in [6.45, 7) is 2.09. The highest BCUT2D eigenvalue weighted by atomic mass is 35.5. The van der Waals surface area contributed by atoms with Gasteiger partial charge in [0.2, 0.25) is 0 Å². The maximum Gasteiger partial charge on any atom is 0.151 e. The van der Waals surface area contributed by atoms with Crippen LogP contribution in [0.1, 0.15) is 12.5 Å². The van der Waals surface area contributed by atoms with Crippen molar-refractivity contribution in [2.45, 2.75) is 13.3 Å². The Kier molecular flexibility index (Phi) is 3.55. The summed E-state index contributed by atoms with van der Waals surface area (Å²) in [5, 5.41) is 0.511. The Morgan fingerprint density at radius 3 is 2.53 bits per heavy atom. The first-order valence-corrected chi connectivity index (χ1v) is 5.90. The number of para-hydroxylation sites is 2. The van der Waals surface area contributed by atoms with Crippen LogP contribution < -0.4 is 10.5 Å². The van der Waals surface area contributed by atoms with Crippen molar-refractivity contribution < 1.29 is 4.74 Å². The summed E-state index contributed by atoms with van der Waals surface area (Å²) in [5.74, 6) is 1.42. The normalized spacial score (nSPS) is 10.2. The SMILES string of the molecule is CCc1ccccc1Oc1cccc(Cl)c1N. The van der Waals surface area contributed by atoms with E-state index >= 15 is 0 Å². The number of nitrogens with two attached hydrogens (primary N) is 1. The monoisotopic (exact) mass is 247 g/mol. The van der Waals surface area contributed by atoms with Gasteiger partial charge in [-0.2, -0.15) is 0 Å². The van der Waals surface area contributed by atoms with E-state index < -0.39 is 0 Å². The number of hydrogen-bond donors (Lipinski definition) is 1. The van der Waals surface area contributed by atoms with E-state index in [1.807, 2.05) is 36.4 Å². The molecule has 2 nitrogen and oxygen atoms in total. The number of rotatable bonds is 3. The van der Waals surface area contributed by atoms with Gasteiger partial charge in [-0.15, -0.1) is 0 Å². The molecule has 0 aliphatic heterocycles. The molecule has 0 bridgehead atoms. The summed E-state index contributed by atoms with van der Waals surface area (Å²) in [6, 6.07) is 13.3. The van der Waals surface area contributed by atoms with E-state index in [0.717, 1.165) is 17.7 Å². The molecule has 0 amide bonds. The predicted molar refractivity (Wildman–Crippen MR) is 71.8 cm³/mol. The minimum Gasteiger partial charge on any atom is -0.455 e. The van der Waals surface area contributed by atoms with Gasteiger partial charge in [0.05, 0.1) is 10.7 Å². The molecule has 0 aliphatic rings. The third-order valence-electron chi connectivity index (χ3n) is 2.59. The fourth-order valence-electron chi connectivity index (χ4n) is 1.62. The lowest BCUT2D eigenvalue weighted by Gasteiger charge is -2.12. The topological polar surface area (TPSA) is 35.2 Å². The number of benzene rings is 2. The second-order valence-corrected chi connectivity index (χ2v) is 4.12. The van der Waals surface area contributed by atoms with Crippen molar-refractivity contribution in [3.8, 4) is 11.5 Å². The summed E-state index contributed by atoms with van der Waals surface area (Å²) in [4.78, 5) is 0. The molecule has 0 radical (unpaired) electrons. The summed E-state index contributed by atoms with van der Waals surface area (Å²) in [5.41, 5.74) is 7.48. The zero-order valence-corrected chi connectivity index (χ0v) is 10.4. The Balaban J connectivity index is 2.35. The lowest BCUT2D eigenvalue weighted by atomic mass is 10.1. The van der Waals surface area contributed by atoms with Crippen LogP contribution in [-0.4, -0.2) is 0 Å². The molecule has 0 aliphatic carbocycles. The van der Waals surface area contributed by atoms with Crippen LogP contribution in [0, 0.1) is 0 Å². The van der Waals surface area contributed by atoms with Crippen LogP contribution in [0.2, 0.25) is 5.02 Å². The molecule has 0 unspecified atom stereocenters. The minimum atomic E-state index is 0.472. The van der Waals surface area contributed by atoms with Gasteiger partial charge >= 0.3 is 0 Å². The Bertz CT molecular complexity index is 525. The van der Waals surface area contributed by atoms with Gasteiger partial charge in [-0.25, -0.2) is 0 Å². The molecule has 3 heteroatoms. The Labute approximate surface area is 106 Å². The van der Waals surface area contributed by atoms with E-state index in [-0.39, 0.29) is 0 Å². The number of halogens is 1. The quantitative estimate of drug-likeness (QED) is 0.822. The first kappa shape index (κ1) is 11.8. The highest BCUT2D eigenvalue weighted by Crippen LogP contribution is 2.33. The van der Waals surface area contributed by atoms with Crippen molar-refractivity contribution in [3.63, 3.8) is 0 Å². The van der Waals surface area contributed by atoms with E-state index in [1.54, 1.807) is 6.07 Å². The molecule has 2 rings (SSSR count). The summed E-state index contributed by atoms with van der Waals surface area (Å²) < 4.78 is 5.80. The molecule has 0 heterocycles. The van der Waals surface area contributed by atoms with Crippen molar-refractivity contribution in [1.82, 2.24) is 0 Å². The van der Waals surface area contributed by atoms with Crippen LogP contribution >= 0.6 is 11.6 Å². The van der Waals surface area contributed by atoms with Gasteiger partial charge in [0.1, 0.15) is 5.75 Å². The second kappa shape index (κ2) is 5.11. The van der Waals surface area contributed by atoms with Crippen molar-refractivity contribution in [2.75, 3.05) is 5.73 Å². The zero-order chi connectivity index (χ0) is 12.3. The average molecular weight is 248 g/mol. The van der Waals surface area contributed by atoms with Crippen molar-refractivity contribution in [2.24, 2.45) is 0 Å². The first-order valence-electron chi connectivity index (χ1n) is 5.52. The van der Waals surface area contributed by atoms with Crippen LogP contribution in [0.15, 0.2) is 42.5 Å². The van der Waals surface area contributed by atoms with E-state index in [1.165, 1.54) is 0 Å². The lowest BCUT2D eigenvalue weighted by Crippen LogP contribution is -1.95. The standard InChI is InChI=1S/C14H14ClNO/c1-2-10-6-3-4-8-12(10)17-13-9-5-7-11(15)14(13)16/h3-9H,2,16H2,1H3. The molecule has 2 aromatic carbocycles. The Morgan fingerprint density at radius 1 is 1.06 bits per heavy atom. The molecule has 0 saturated heterocycles. The van der Waals surface area contributed by atoms with Crippen LogP contribution in [0.25, 0.3) is 0 Å². The summed E-state index contributed by atoms with van der Waals surface area (Å²) in [6.07, 6.45) is 0.913. The highest BCUT2D eigenvalue weighted by Gasteiger charge is 2.07. The van der Waals surface area contributed by atoms with Gasteiger partial charge in [-0.1, -0.05) is 42.8 Å². The van der Waals surface area contributed by atoms with Crippen molar-refractivity contribution in [3.05, 3.63) is 53.1 Å². The molecule has 2 aromatic rings. The fourth-order valence-corrected chi connectivity index (χ4v) is 1.79. The van der Waals surface area contributed by atoms with Gasteiger partial charge in [0.15, 0.2) is 5.75 Å². The number of nitrogen functional groups attached to an aromatic ring is 1. The maximum atomic E-state index is 5.95. The summed E-state index contributed by atoms with van der Waals surface area (Å²) in [7, 11) is 0. The van der Waals surface area contributed by atoms with Gasteiger partial charge in [-0.3, -0.25) is 0 Å². The molecule has 88 valence electrons. The van der Waals surface area contributed by atoms with E-state index in [0.29, 0.717) is 16.5 Å². The molecular formula is C14H14ClNO. The van der Waals surface area contributed by atoms with E-state index in [2.05, 4.69) is 6.92 Å². The molecule has 0 aromatic heterocycles. The molecule has 0 atom stereocenters.